The molecule has 2 aromatic rings. The van der Waals surface area contributed by atoms with Crippen LogP contribution in [-0.4, -0.2) is 62.5 Å². The lowest BCUT2D eigenvalue weighted by atomic mass is 9.73. The zero-order chi connectivity index (χ0) is 26.0. The van der Waals surface area contributed by atoms with Gasteiger partial charge < -0.3 is 30.1 Å². The highest BCUT2D eigenvalue weighted by Gasteiger charge is 2.43. The van der Waals surface area contributed by atoms with Gasteiger partial charge in [-0.25, -0.2) is 9.18 Å². The molecule has 3 rings (SSSR count). The third-order valence-electron chi connectivity index (χ3n) is 6.83. The molecule has 0 aliphatic carbocycles. The van der Waals surface area contributed by atoms with Gasteiger partial charge in [0, 0.05) is 50.9 Å². The molecule has 0 saturated carbocycles. The van der Waals surface area contributed by atoms with Gasteiger partial charge in [0.05, 0.1) is 5.60 Å². The number of nitrogens with zero attached hydrogens (tertiary/aromatic N) is 1. The average Bonchev–Trinajstić information content (AvgIpc) is 2.88. The molecule has 1 aliphatic rings. The molecule has 0 spiro atoms. The fourth-order valence-corrected chi connectivity index (χ4v) is 4.97. The second-order valence-corrected chi connectivity index (χ2v) is 9.60. The number of ether oxygens (including phenoxy) is 2. The molecule has 36 heavy (non-hydrogen) atoms. The smallest absolute Gasteiger partial charge is 0.317 e. The van der Waals surface area contributed by atoms with Crippen molar-refractivity contribution in [3.8, 4) is 11.5 Å². The summed E-state index contributed by atoms with van der Waals surface area (Å²) in [6.07, 6.45) is 3.57. The maximum absolute atomic E-state index is 14.4. The molecular weight excluding hydrogens is 461 g/mol. The monoisotopic (exact) mass is 501 g/mol. The van der Waals surface area contributed by atoms with E-state index in [0.29, 0.717) is 44.0 Å². The number of hydrogen-bond acceptors (Lipinski definition) is 5. The molecule has 1 heterocycles. The van der Waals surface area contributed by atoms with Gasteiger partial charge in [0.25, 0.3) is 0 Å². The second-order valence-electron chi connectivity index (χ2n) is 9.60. The number of carbonyl (C=O) groups is 1. The van der Waals surface area contributed by atoms with Crippen molar-refractivity contribution < 1.29 is 23.8 Å². The Morgan fingerprint density at radius 3 is 2.64 bits per heavy atom. The number of likely N-dealkylation sites (N-methyl/N-ethyl adjacent to an activating group) is 1. The van der Waals surface area contributed by atoms with Gasteiger partial charge in [0.1, 0.15) is 5.75 Å². The first kappa shape index (κ1) is 27.9. The molecular formula is C28H40FN3O4. The highest BCUT2D eigenvalue weighted by Crippen LogP contribution is 2.44. The zero-order valence-electron chi connectivity index (χ0n) is 21.6. The molecule has 3 atom stereocenters. The Morgan fingerprint density at radius 1 is 1.19 bits per heavy atom. The van der Waals surface area contributed by atoms with Gasteiger partial charge in [-0.15, -0.1) is 0 Å². The van der Waals surface area contributed by atoms with Crippen LogP contribution in [0.3, 0.4) is 0 Å². The molecule has 1 aliphatic heterocycles. The number of methoxy groups -OCH3 is 1. The van der Waals surface area contributed by atoms with E-state index in [1.165, 1.54) is 6.07 Å². The number of carbonyl (C=O) groups excluding carboxylic acids is 1. The first-order valence-corrected chi connectivity index (χ1v) is 12.8. The number of rotatable bonds is 12. The van der Waals surface area contributed by atoms with Crippen LogP contribution in [-0.2, 0) is 10.3 Å². The van der Waals surface area contributed by atoms with Gasteiger partial charge in [-0.2, -0.15) is 0 Å². The molecule has 198 valence electrons. The number of piperidine rings is 1. The fraction of sp³-hybridized carbons (Fsp3) is 0.536. The highest BCUT2D eigenvalue weighted by molar-refractivity contribution is 5.74. The normalized spacial score (nSPS) is 18.4. The van der Waals surface area contributed by atoms with Gasteiger partial charge in [-0.1, -0.05) is 30.3 Å². The standard InChI is InChI=1S/C28H40FN3O4/c1-21(19-30-2)31-27(33)32-17-10-11-22(20-32)28(34,16-8-9-18-35-3)23-12-4-6-14-25(23)36-26-15-7-5-13-24(26)29/h4-7,12-15,21-22,30,34H,8-11,16-20H2,1-3H3,(H,31,33)/t21?,22-,28+/m1/s1. The maximum Gasteiger partial charge on any atom is 0.317 e. The van der Waals surface area contributed by atoms with E-state index in [0.717, 1.165) is 25.7 Å². The lowest BCUT2D eigenvalue weighted by molar-refractivity contribution is -0.0575. The van der Waals surface area contributed by atoms with E-state index in [1.54, 1.807) is 36.3 Å². The lowest BCUT2D eigenvalue weighted by Gasteiger charge is -2.43. The number of nitrogens with one attached hydrogen (secondary N) is 2. The predicted molar refractivity (Wildman–Crippen MR) is 139 cm³/mol. The largest absolute Gasteiger partial charge is 0.454 e. The summed E-state index contributed by atoms with van der Waals surface area (Å²) < 4.78 is 25.6. The Labute approximate surface area is 214 Å². The summed E-state index contributed by atoms with van der Waals surface area (Å²) in [5, 5.41) is 18.4. The quantitative estimate of drug-likeness (QED) is 0.369. The van der Waals surface area contributed by atoms with E-state index in [4.69, 9.17) is 9.47 Å². The number of benzene rings is 2. The number of halogens is 1. The number of amides is 2. The van der Waals surface area contributed by atoms with E-state index >= 15 is 0 Å². The predicted octanol–water partition coefficient (Wildman–Crippen LogP) is 4.65. The lowest BCUT2D eigenvalue weighted by Crippen LogP contribution is -2.53. The van der Waals surface area contributed by atoms with Crippen molar-refractivity contribution in [2.75, 3.05) is 40.4 Å². The van der Waals surface area contributed by atoms with E-state index in [-0.39, 0.29) is 23.7 Å². The van der Waals surface area contributed by atoms with E-state index in [1.807, 2.05) is 32.2 Å². The van der Waals surface area contributed by atoms with Crippen LogP contribution in [0.4, 0.5) is 9.18 Å². The zero-order valence-corrected chi connectivity index (χ0v) is 21.6. The van der Waals surface area contributed by atoms with Crippen LogP contribution in [0.2, 0.25) is 0 Å². The van der Waals surface area contributed by atoms with E-state index in [9.17, 15) is 14.3 Å². The summed E-state index contributed by atoms with van der Waals surface area (Å²) in [6, 6.07) is 13.4. The minimum atomic E-state index is -1.26. The summed E-state index contributed by atoms with van der Waals surface area (Å²) >= 11 is 0. The van der Waals surface area contributed by atoms with Crippen LogP contribution in [0.1, 0.15) is 44.6 Å². The average molecular weight is 502 g/mol. The fourth-order valence-electron chi connectivity index (χ4n) is 4.97. The van der Waals surface area contributed by atoms with Gasteiger partial charge in [-0.05, 0) is 64.3 Å². The summed E-state index contributed by atoms with van der Waals surface area (Å²) in [4.78, 5) is 14.8. The number of unbranched alkanes of at least 4 members (excludes halogenated alkanes) is 1. The van der Waals surface area contributed by atoms with E-state index < -0.39 is 11.4 Å². The number of aliphatic hydroxyl groups is 1. The van der Waals surface area contributed by atoms with Gasteiger partial charge >= 0.3 is 6.03 Å². The third-order valence-corrected chi connectivity index (χ3v) is 6.83. The molecule has 8 heteroatoms. The molecule has 7 nitrogen and oxygen atoms in total. The van der Waals surface area contributed by atoms with E-state index in [2.05, 4.69) is 10.6 Å². The van der Waals surface area contributed by atoms with Crippen molar-refractivity contribution in [2.24, 2.45) is 5.92 Å². The summed E-state index contributed by atoms with van der Waals surface area (Å²) in [5.74, 6) is -0.146. The van der Waals surface area contributed by atoms with Gasteiger partial charge in [0.2, 0.25) is 0 Å². The Kier molecular flexibility index (Phi) is 10.5. The van der Waals surface area contributed by atoms with Crippen molar-refractivity contribution in [3.05, 3.63) is 59.9 Å². The summed E-state index contributed by atoms with van der Waals surface area (Å²) in [7, 11) is 3.51. The Bertz CT molecular complexity index is 975. The van der Waals surface area contributed by atoms with Gasteiger partial charge in [-0.3, -0.25) is 0 Å². The molecule has 0 radical (unpaired) electrons. The number of para-hydroxylation sites is 2. The van der Waals surface area contributed by atoms with Crippen LogP contribution in [0, 0.1) is 11.7 Å². The van der Waals surface area contributed by atoms with Crippen molar-refractivity contribution in [1.82, 2.24) is 15.5 Å². The summed E-state index contributed by atoms with van der Waals surface area (Å²) in [6.45, 7) is 4.30. The highest BCUT2D eigenvalue weighted by atomic mass is 19.1. The first-order chi connectivity index (χ1) is 17.4. The minimum absolute atomic E-state index is 0.00861. The first-order valence-electron chi connectivity index (χ1n) is 12.8. The maximum atomic E-state index is 14.4. The Hall–Kier alpha value is -2.68. The van der Waals surface area contributed by atoms with Crippen molar-refractivity contribution in [3.63, 3.8) is 0 Å². The number of hydrogen-bond donors (Lipinski definition) is 3. The van der Waals surface area contributed by atoms with Crippen LogP contribution < -0.4 is 15.4 Å². The molecule has 0 aromatic heterocycles. The van der Waals surface area contributed by atoms with Crippen LogP contribution in [0.25, 0.3) is 0 Å². The number of likely N-dealkylation sites (tertiary alicyclic amines) is 1. The van der Waals surface area contributed by atoms with Crippen LogP contribution >= 0.6 is 0 Å². The molecule has 1 saturated heterocycles. The molecule has 2 aromatic carbocycles. The van der Waals surface area contributed by atoms with Crippen LogP contribution in [0.15, 0.2) is 48.5 Å². The van der Waals surface area contributed by atoms with Crippen molar-refractivity contribution >= 4 is 6.03 Å². The molecule has 0 bridgehead atoms. The Morgan fingerprint density at radius 2 is 1.92 bits per heavy atom. The topological polar surface area (TPSA) is 83.1 Å². The molecule has 1 fully saturated rings. The SMILES string of the molecule is CNCC(C)NC(=O)N1CCC[C@@H]([C@@](O)(CCCCOC)c2ccccc2Oc2ccccc2F)C1. The Balaban J connectivity index is 1.89. The molecule has 1 unspecified atom stereocenters. The van der Waals surface area contributed by atoms with Crippen molar-refractivity contribution in [1.29, 1.82) is 0 Å². The van der Waals surface area contributed by atoms with Gasteiger partial charge in [0.15, 0.2) is 11.6 Å². The molecule has 3 N–H and O–H groups in total. The summed E-state index contributed by atoms with van der Waals surface area (Å²) in [5.41, 5.74) is -0.646. The molecule has 2 amide bonds. The van der Waals surface area contributed by atoms with Crippen LogP contribution in [0.5, 0.6) is 11.5 Å². The number of urea groups is 1. The third kappa shape index (κ3) is 7.18. The second kappa shape index (κ2) is 13.6. The van der Waals surface area contributed by atoms with Crippen molar-refractivity contribution in [2.45, 2.75) is 50.7 Å². The minimum Gasteiger partial charge on any atom is -0.454 e.